The van der Waals surface area contributed by atoms with Crippen molar-refractivity contribution in [3.05, 3.63) is 40.6 Å². The summed E-state index contributed by atoms with van der Waals surface area (Å²) in [6.07, 6.45) is 0.831. The number of rotatable bonds is 5. The quantitative estimate of drug-likeness (QED) is 0.819. The topological polar surface area (TPSA) is 94.3 Å². The Labute approximate surface area is 144 Å². The minimum atomic E-state index is -0.335. The lowest BCUT2D eigenvalue weighted by Crippen LogP contribution is -2.73. The molecule has 0 saturated carbocycles. The van der Waals surface area contributed by atoms with E-state index >= 15 is 0 Å². The van der Waals surface area contributed by atoms with Gasteiger partial charge in [-0.2, -0.15) is 5.10 Å². The zero-order valence-corrected chi connectivity index (χ0v) is 14.1. The summed E-state index contributed by atoms with van der Waals surface area (Å²) in [5, 5.41) is 6.13. The Morgan fingerprint density at radius 1 is 1.24 bits per heavy atom. The van der Waals surface area contributed by atoms with Crippen molar-refractivity contribution in [3.63, 3.8) is 0 Å². The predicted molar refractivity (Wildman–Crippen MR) is 91.7 cm³/mol. The zero-order valence-electron chi connectivity index (χ0n) is 14.1. The minimum absolute atomic E-state index is 0.123. The van der Waals surface area contributed by atoms with Gasteiger partial charge in [-0.15, -0.1) is 0 Å². The summed E-state index contributed by atoms with van der Waals surface area (Å²) in [7, 11) is 1.66. The van der Waals surface area contributed by atoms with E-state index in [0.717, 1.165) is 31.9 Å². The van der Waals surface area contributed by atoms with Gasteiger partial charge in [-0.05, 0) is 24.3 Å². The third kappa shape index (κ3) is 2.99. The monoisotopic (exact) mass is 343 g/mol. The second-order valence-corrected chi connectivity index (χ2v) is 6.93. The highest BCUT2D eigenvalue weighted by atomic mass is 16.5. The number of methoxy groups -OCH3 is 1. The van der Waals surface area contributed by atoms with Crippen LogP contribution in [0.15, 0.2) is 29.1 Å². The number of aromatic amines is 2. The molecule has 132 valence electrons. The molecule has 0 unspecified atom stereocenters. The van der Waals surface area contributed by atoms with Crippen molar-refractivity contribution in [1.82, 2.24) is 20.1 Å². The molecule has 3 heterocycles. The van der Waals surface area contributed by atoms with Crippen LogP contribution in [0.2, 0.25) is 0 Å². The zero-order chi connectivity index (χ0) is 17.4. The van der Waals surface area contributed by atoms with Crippen LogP contribution in [0.25, 0.3) is 0 Å². The van der Waals surface area contributed by atoms with E-state index in [1.165, 1.54) is 5.69 Å². The number of hydrogen-bond acceptors (Lipinski definition) is 5. The van der Waals surface area contributed by atoms with Crippen molar-refractivity contribution in [3.8, 4) is 5.75 Å². The van der Waals surface area contributed by atoms with Gasteiger partial charge in [0.1, 0.15) is 11.6 Å². The molecule has 2 fully saturated rings. The second kappa shape index (κ2) is 5.94. The molecule has 0 bridgehead atoms. The highest BCUT2D eigenvalue weighted by Gasteiger charge is 2.52. The maximum atomic E-state index is 12.2. The van der Waals surface area contributed by atoms with E-state index < -0.39 is 0 Å². The smallest absolute Gasteiger partial charge is 0.340 e. The van der Waals surface area contributed by atoms with Gasteiger partial charge in [0.2, 0.25) is 5.91 Å². The highest BCUT2D eigenvalue weighted by Crippen LogP contribution is 2.42. The first-order valence-electron chi connectivity index (χ1n) is 8.37. The van der Waals surface area contributed by atoms with Crippen molar-refractivity contribution >= 4 is 11.6 Å². The van der Waals surface area contributed by atoms with Crippen LogP contribution in [0, 0.1) is 5.41 Å². The highest BCUT2D eigenvalue weighted by molar-refractivity contribution is 5.77. The lowest BCUT2D eigenvalue weighted by atomic mass is 9.72. The summed E-state index contributed by atoms with van der Waals surface area (Å²) in [5.74, 6) is 1.51. The molecule has 8 nitrogen and oxygen atoms in total. The van der Waals surface area contributed by atoms with E-state index in [9.17, 15) is 9.59 Å². The van der Waals surface area contributed by atoms with Crippen molar-refractivity contribution in [1.29, 1.82) is 0 Å². The van der Waals surface area contributed by atoms with Gasteiger partial charge in [-0.3, -0.25) is 9.78 Å². The number of carbonyl (C=O) groups is 1. The van der Waals surface area contributed by atoms with Gasteiger partial charge < -0.3 is 14.5 Å². The molecule has 2 saturated heterocycles. The number of nitrogens with zero attached hydrogens (tertiary/aromatic N) is 3. The molecule has 2 N–H and O–H groups in total. The van der Waals surface area contributed by atoms with Crippen molar-refractivity contribution in [2.45, 2.75) is 12.8 Å². The number of benzene rings is 1. The number of H-pyrrole nitrogens is 2. The second-order valence-electron chi connectivity index (χ2n) is 6.93. The molecule has 1 aromatic heterocycles. The molecule has 1 aromatic carbocycles. The van der Waals surface area contributed by atoms with Gasteiger partial charge in [-0.1, -0.05) is 0 Å². The fraction of sp³-hybridized carbons (Fsp3) is 0.471. The Morgan fingerprint density at radius 3 is 2.56 bits per heavy atom. The molecule has 4 rings (SSSR count). The molecule has 0 radical (unpaired) electrons. The summed E-state index contributed by atoms with van der Waals surface area (Å²) < 4.78 is 5.18. The molecule has 2 aliphatic rings. The SMILES string of the molecule is COc1ccc(N2CC3(CN(C(=O)CCc4n[nH]c(=O)[nH]4)C3)C2)cc1. The fourth-order valence-corrected chi connectivity index (χ4v) is 3.69. The van der Waals surface area contributed by atoms with Crippen molar-refractivity contribution in [2.24, 2.45) is 5.41 Å². The molecule has 8 heteroatoms. The summed E-state index contributed by atoms with van der Waals surface area (Å²) in [6.45, 7) is 3.59. The number of anilines is 1. The Morgan fingerprint density at radius 2 is 1.96 bits per heavy atom. The third-order valence-electron chi connectivity index (χ3n) is 5.02. The van der Waals surface area contributed by atoms with Crippen molar-refractivity contribution in [2.75, 3.05) is 38.2 Å². The fourth-order valence-electron chi connectivity index (χ4n) is 3.69. The van der Waals surface area contributed by atoms with Gasteiger partial charge in [0.15, 0.2) is 0 Å². The van der Waals surface area contributed by atoms with Gasteiger partial charge in [0.25, 0.3) is 0 Å². The van der Waals surface area contributed by atoms with E-state index in [1.807, 2.05) is 17.0 Å². The van der Waals surface area contributed by atoms with Crippen LogP contribution in [-0.4, -0.2) is 59.3 Å². The van der Waals surface area contributed by atoms with Gasteiger partial charge in [0, 0.05) is 50.1 Å². The lowest BCUT2D eigenvalue weighted by molar-refractivity contribution is -0.145. The maximum Gasteiger partial charge on any atom is 0.340 e. The molecule has 2 aliphatic heterocycles. The summed E-state index contributed by atoms with van der Waals surface area (Å²) in [4.78, 5) is 30.0. The largest absolute Gasteiger partial charge is 0.497 e. The molecule has 25 heavy (non-hydrogen) atoms. The Bertz CT molecular complexity index is 811. The van der Waals surface area contributed by atoms with Crippen LogP contribution in [0.4, 0.5) is 5.69 Å². The summed E-state index contributed by atoms with van der Waals surface area (Å²) >= 11 is 0. The summed E-state index contributed by atoms with van der Waals surface area (Å²) in [5.41, 5.74) is 1.10. The Hall–Kier alpha value is -2.77. The van der Waals surface area contributed by atoms with Crippen LogP contribution in [0.3, 0.4) is 0 Å². The standard InChI is InChI=1S/C17H21N5O3/c1-25-13-4-2-12(3-5-13)21-8-17(9-21)10-22(11-17)15(23)7-6-14-18-16(24)20-19-14/h2-5H,6-11H2,1H3,(H2,18,19,20,24). The van der Waals surface area contributed by atoms with Gasteiger partial charge in [0.05, 0.1) is 7.11 Å². The normalized spacial score (nSPS) is 18.0. The van der Waals surface area contributed by atoms with Crippen LogP contribution >= 0.6 is 0 Å². The lowest BCUT2D eigenvalue weighted by Gasteiger charge is -2.61. The van der Waals surface area contributed by atoms with E-state index in [0.29, 0.717) is 18.7 Å². The minimum Gasteiger partial charge on any atom is -0.497 e. The number of nitrogens with one attached hydrogen (secondary N) is 2. The third-order valence-corrected chi connectivity index (χ3v) is 5.02. The van der Waals surface area contributed by atoms with E-state index in [1.54, 1.807) is 7.11 Å². The molecule has 1 amide bonds. The number of likely N-dealkylation sites (tertiary alicyclic amines) is 1. The first kappa shape index (κ1) is 15.7. The molecular weight excluding hydrogens is 322 g/mol. The first-order valence-corrected chi connectivity index (χ1v) is 8.37. The van der Waals surface area contributed by atoms with Crippen molar-refractivity contribution < 1.29 is 9.53 Å². The number of aromatic nitrogens is 3. The van der Waals surface area contributed by atoms with E-state index in [-0.39, 0.29) is 17.0 Å². The van der Waals surface area contributed by atoms with Crippen LogP contribution < -0.4 is 15.3 Å². The number of hydrogen-bond donors (Lipinski definition) is 2. The summed E-state index contributed by atoms with van der Waals surface area (Å²) in [6, 6.07) is 8.07. The number of carbonyl (C=O) groups excluding carboxylic acids is 1. The van der Waals surface area contributed by atoms with E-state index in [2.05, 4.69) is 32.2 Å². The van der Waals surface area contributed by atoms with Gasteiger partial charge >= 0.3 is 5.69 Å². The Balaban J connectivity index is 1.23. The number of amides is 1. The first-order chi connectivity index (χ1) is 12.1. The molecular formula is C17H21N5O3. The Kier molecular flexibility index (Phi) is 3.74. The number of aryl methyl sites for hydroxylation is 1. The average molecular weight is 343 g/mol. The van der Waals surface area contributed by atoms with Crippen LogP contribution in [0.5, 0.6) is 5.75 Å². The van der Waals surface area contributed by atoms with Gasteiger partial charge in [-0.25, -0.2) is 9.89 Å². The van der Waals surface area contributed by atoms with E-state index in [4.69, 9.17) is 4.74 Å². The predicted octanol–water partition coefficient (Wildman–Crippen LogP) is 0.388. The molecule has 0 aliphatic carbocycles. The van der Waals surface area contributed by atoms with Crippen LogP contribution in [-0.2, 0) is 11.2 Å². The average Bonchev–Trinajstić information content (AvgIpc) is 2.96. The van der Waals surface area contributed by atoms with Crippen LogP contribution in [0.1, 0.15) is 12.2 Å². The number of ether oxygens (including phenoxy) is 1. The molecule has 2 aromatic rings. The molecule has 0 atom stereocenters. The maximum absolute atomic E-state index is 12.2. The molecule has 1 spiro atoms.